The third-order valence-electron chi connectivity index (χ3n) is 3.67. The van der Waals surface area contributed by atoms with E-state index < -0.39 is 11.9 Å². The molecule has 0 saturated heterocycles. The molecule has 4 heteroatoms. The molecule has 1 aliphatic carbocycles. The molecule has 0 bridgehead atoms. The van der Waals surface area contributed by atoms with Crippen molar-refractivity contribution < 1.29 is 9.50 Å². The lowest BCUT2D eigenvalue weighted by atomic mass is 9.91. The molecule has 0 amide bonds. The summed E-state index contributed by atoms with van der Waals surface area (Å²) in [7, 11) is 1.81. The summed E-state index contributed by atoms with van der Waals surface area (Å²) < 4.78 is 13.6. The van der Waals surface area contributed by atoms with Crippen molar-refractivity contribution in [1.82, 2.24) is 0 Å². The SMILES string of the molecule is CN(c1cccc(F)c1C#N)C1CCCCC1O. The maximum absolute atomic E-state index is 13.6. The van der Waals surface area contributed by atoms with Gasteiger partial charge in [-0.25, -0.2) is 4.39 Å². The topological polar surface area (TPSA) is 47.3 Å². The Morgan fingerprint density at radius 1 is 1.39 bits per heavy atom. The first-order valence-electron chi connectivity index (χ1n) is 6.24. The highest BCUT2D eigenvalue weighted by atomic mass is 19.1. The Morgan fingerprint density at radius 3 is 2.78 bits per heavy atom. The molecule has 1 aromatic rings. The second kappa shape index (κ2) is 5.36. The first kappa shape index (κ1) is 12.8. The van der Waals surface area contributed by atoms with E-state index in [1.54, 1.807) is 12.1 Å². The lowest BCUT2D eigenvalue weighted by molar-refractivity contribution is 0.106. The van der Waals surface area contributed by atoms with Crippen LogP contribution in [0.4, 0.5) is 10.1 Å². The molecular weight excluding hydrogens is 231 g/mol. The highest BCUT2D eigenvalue weighted by Gasteiger charge is 2.28. The fourth-order valence-electron chi connectivity index (χ4n) is 2.64. The van der Waals surface area contributed by atoms with Crippen molar-refractivity contribution in [2.24, 2.45) is 0 Å². The van der Waals surface area contributed by atoms with Gasteiger partial charge in [-0.2, -0.15) is 5.26 Å². The van der Waals surface area contributed by atoms with Gasteiger partial charge in [0.25, 0.3) is 0 Å². The Kier molecular flexibility index (Phi) is 3.83. The van der Waals surface area contributed by atoms with E-state index in [-0.39, 0.29) is 11.6 Å². The Hall–Kier alpha value is -1.60. The summed E-state index contributed by atoms with van der Waals surface area (Å²) in [6, 6.07) is 6.47. The predicted octanol–water partition coefficient (Wildman–Crippen LogP) is 2.44. The van der Waals surface area contributed by atoms with Gasteiger partial charge in [0.1, 0.15) is 17.4 Å². The number of hydrogen-bond acceptors (Lipinski definition) is 3. The van der Waals surface area contributed by atoms with E-state index in [0.29, 0.717) is 5.69 Å². The van der Waals surface area contributed by atoms with Crippen LogP contribution in [0.15, 0.2) is 18.2 Å². The number of nitriles is 1. The molecular formula is C14H17FN2O. The van der Waals surface area contributed by atoms with E-state index in [1.807, 2.05) is 18.0 Å². The first-order valence-corrected chi connectivity index (χ1v) is 6.24. The molecule has 1 fully saturated rings. The molecule has 2 unspecified atom stereocenters. The lowest BCUT2D eigenvalue weighted by Crippen LogP contribution is -2.43. The van der Waals surface area contributed by atoms with Crippen molar-refractivity contribution in [1.29, 1.82) is 5.26 Å². The molecule has 1 saturated carbocycles. The van der Waals surface area contributed by atoms with E-state index in [2.05, 4.69) is 0 Å². The highest BCUT2D eigenvalue weighted by Crippen LogP contribution is 2.29. The molecule has 2 atom stereocenters. The van der Waals surface area contributed by atoms with E-state index in [0.717, 1.165) is 25.7 Å². The van der Waals surface area contributed by atoms with Crippen molar-refractivity contribution in [3.8, 4) is 6.07 Å². The van der Waals surface area contributed by atoms with Crippen LogP contribution in [-0.2, 0) is 0 Å². The van der Waals surface area contributed by atoms with Gasteiger partial charge in [0, 0.05) is 7.05 Å². The van der Waals surface area contributed by atoms with Crippen molar-refractivity contribution in [3.05, 3.63) is 29.6 Å². The number of hydrogen-bond donors (Lipinski definition) is 1. The monoisotopic (exact) mass is 248 g/mol. The van der Waals surface area contributed by atoms with Crippen LogP contribution >= 0.6 is 0 Å². The third kappa shape index (κ3) is 2.32. The summed E-state index contributed by atoms with van der Waals surface area (Å²) in [6.45, 7) is 0. The van der Waals surface area contributed by atoms with Gasteiger partial charge < -0.3 is 10.0 Å². The number of aliphatic hydroxyl groups excluding tert-OH is 1. The molecule has 1 N–H and O–H groups in total. The average Bonchev–Trinajstić information content (AvgIpc) is 2.38. The Morgan fingerprint density at radius 2 is 2.11 bits per heavy atom. The van der Waals surface area contributed by atoms with Crippen LogP contribution in [-0.4, -0.2) is 24.3 Å². The average molecular weight is 248 g/mol. The van der Waals surface area contributed by atoms with Crippen LogP contribution in [0.3, 0.4) is 0 Å². The fraction of sp³-hybridized carbons (Fsp3) is 0.500. The summed E-state index contributed by atoms with van der Waals surface area (Å²) in [5.74, 6) is -0.507. The number of rotatable bonds is 2. The predicted molar refractivity (Wildman–Crippen MR) is 67.8 cm³/mol. The van der Waals surface area contributed by atoms with Crippen molar-refractivity contribution >= 4 is 5.69 Å². The quantitative estimate of drug-likeness (QED) is 0.874. The van der Waals surface area contributed by atoms with Gasteiger partial charge in [-0.1, -0.05) is 18.9 Å². The van der Waals surface area contributed by atoms with Gasteiger partial charge in [-0.05, 0) is 25.0 Å². The second-order valence-corrected chi connectivity index (χ2v) is 4.78. The smallest absolute Gasteiger partial charge is 0.143 e. The Labute approximate surface area is 106 Å². The highest BCUT2D eigenvalue weighted by molar-refractivity contribution is 5.60. The first-order chi connectivity index (χ1) is 8.65. The fourth-order valence-corrected chi connectivity index (χ4v) is 2.64. The zero-order chi connectivity index (χ0) is 13.1. The second-order valence-electron chi connectivity index (χ2n) is 4.78. The number of nitrogens with zero attached hydrogens (tertiary/aromatic N) is 2. The molecule has 0 aliphatic heterocycles. The van der Waals surface area contributed by atoms with Gasteiger partial charge in [-0.15, -0.1) is 0 Å². The molecule has 2 rings (SSSR count). The maximum Gasteiger partial charge on any atom is 0.143 e. The summed E-state index contributed by atoms with van der Waals surface area (Å²) in [5, 5.41) is 19.0. The standard InChI is InChI=1S/C14H17FN2O/c1-17(13-6-2-3-8-14(13)18)12-7-4-5-11(15)10(12)9-16/h4-5,7,13-14,18H,2-3,6,8H2,1H3. The minimum atomic E-state index is -0.507. The third-order valence-corrected chi connectivity index (χ3v) is 3.67. The van der Waals surface area contributed by atoms with Crippen LogP contribution in [0.1, 0.15) is 31.2 Å². The molecule has 1 aliphatic rings. The molecule has 0 heterocycles. The maximum atomic E-state index is 13.6. The number of halogens is 1. The van der Waals surface area contributed by atoms with Crippen LogP contribution in [0.25, 0.3) is 0 Å². The summed E-state index contributed by atoms with van der Waals surface area (Å²) in [4.78, 5) is 1.84. The van der Waals surface area contributed by atoms with Crippen LogP contribution < -0.4 is 4.90 Å². The zero-order valence-electron chi connectivity index (χ0n) is 10.4. The van der Waals surface area contributed by atoms with Crippen molar-refractivity contribution in [3.63, 3.8) is 0 Å². The Balaban J connectivity index is 2.31. The number of anilines is 1. The molecule has 0 aromatic heterocycles. The molecule has 1 aromatic carbocycles. The van der Waals surface area contributed by atoms with Crippen molar-refractivity contribution in [2.45, 2.75) is 37.8 Å². The van der Waals surface area contributed by atoms with Crippen LogP contribution in [0, 0.1) is 17.1 Å². The van der Waals surface area contributed by atoms with Gasteiger partial charge in [-0.3, -0.25) is 0 Å². The van der Waals surface area contributed by atoms with E-state index in [1.165, 1.54) is 6.07 Å². The van der Waals surface area contributed by atoms with E-state index in [9.17, 15) is 9.50 Å². The lowest BCUT2D eigenvalue weighted by Gasteiger charge is -2.37. The summed E-state index contributed by atoms with van der Waals surface area (Å²) >= 11 is 0. The number of aliphatic hydroxyl groups is 1. The summed E-state index contributed by atoms with van der Waals surface area (Å²) in [6.07, 6.45) is 3.33. The van der Waals surface area contributed by atoms with Gasteiger partial charge >= 0.3 is 0 Å². The molecule has 96 valence electrons. The molecule has 3 nitrogen and oxygen atoms in total. The minimum absolute atomic E-state index is 0.0346. The molecule has 0 spiro atoms. The number of benzene rings is 1. The van der Waals surface area contributed by atoms with E-state index in [4.69, 9.17) is 5.26 Å². The van der Waals surface area contributed by atoms with Crippen LogP contribution in [0.5, 0.6) is 0 Å². The molecule has 0 radical (unpaired) electrons. The van der Waals surface area contributed by atoms with Gasteiger partial charge in [0.2, 0.25) is 0 Å². The summed E-state index contributed by atoms with van der Waals surface area (Å²) in [5.41, 5.74) is 0.612. The molecule has 18 heavy (non-hydrogen) atoms. The Bertz CT molecular complexity index is 469. The van der Waals surface area contributed by atoms with Gasteiger partial charge in [0.15, 0.2) is 0 Å². The normalized spacial score (nSPS) is 23.4. The van der Waals surface area contributed by atoms with Crippen molar-refractivity contribution in [2.75, 3.05) is 11.9 Å². The van der Waals surface area contributed by atoms with Crippen LogP contribution in [0.2, 0.25) is 0 Å². The largest absolute Gasteiger partial charge is 0.391 e. The number of likely N-dealkylation sites (N-methyl/N-ethyl adjacent to an activating group) is 1. The van der Waals surface area contributed by atoms with E-state index >= 15 is 0 Å². The zero-order valence-corrected chi connectivity index (χ0v) is 10.4. The minimum Gasteiger partial charge on any atom is -0.391 e. The van der Waals surface area contributed by atoms with Gasteiger partial charge in [0.05, 0.1) is 17.8 Å².